The molecule has 1 aromatic carbocycles. The third-order valence-corrected chi connectivity index (χ3v) is 1.81. The molecule has 6 nitrogen and oxygen atoms in total. The van der Waals surface area contributed by atoms with Crippen molar-refractivity contribution in [1.82, 2.24) is 0 Å². The molecule has 15 heavy (non-hydrogen) atoms. The zero-order valence-corrected chi connectivity index (χ0v) is 9.82. The minimum absolute atomic E-state index is 0. The normalized spacial score (nSPS) is 7.53. The molecule has 0 saturated carbocycles. The number of nitro groups is 1. The number of hydrogen-bond acceptors (Lipinski definition) is 3. The van der Waals surface area contributed by atoms with Crippen molar-refractivity contribution in [2.24, 2.45) is 0 Å². The number of benzene rings is 1. The number of rotatable bonds is 2. The van der Waals surface area contributed by atoms with E-state index in [1.54, 1.807) is 6.07 Å². The van der Waals surface area contributed by atoms with E-state index in [-0.39, 0.29) is 39.3 Å². The van der Waals surface area contributed by atoms with Crippen LogP contribution in [0.25, 0.3) is 0 Å². The molecule has 0 bridgehead atoms. The number of halogens is 1. The van der Waals surface area contributed by atoms with Gasteiger partial charge in [0.1, 0.15) is 0 Å². The first kappa shape index (κ1) is 19.7. The van der Waals surface area contributed by atoms with E-state index in [2.05, 4.69) is 15.9 Å². The summed E-state index contributed by atoms with van der Waals surface area (Å²) in [4.78, 5) is 20.1. The number of carbonyl (C=O) groups excluding carboxylic acids is 1. The first-order chi connectivity index (χ1) is 5.65. The van der Waals surface area contributed by atoms with Crippen LogP contribution in [0.5, 0.6) is 0 Å². The zero-order valence-electron chi connectivity index (χ0n) is 7.05. The van der Waals surface area contributed by atoms with Crippen molar-refractivity contribution >= 4 is 27.9 Å². The van der Waals surface area contributed by atoms with E-state index in [0.29, 0.717) is 10.8 Å². The summed E-state index contributed by atoms with van der Waals surface area (Å²) in [5.41, 5.74) is -0.0948. The van der Waals surface area contributed by atoms with E-state index in [4.69, 9.17) is 0 Å². The molecule has 0 heterocycles. The molecule has 0 saturated heterocycles. The van der Waals surface area contributed by atoms with Gasteiger partial charge < -0.3 is 11.0 Å². The average Bonchev–Trinajstić information content (AvgIpc) is 2.04. The Labute approximate surface area is 104 Å². The molecule has 0 spiro atoms. The maximum absolute atomic E-state index is 10.4. The maximum atomic E-state index is 10.4. The van der Waals surface area contributed by atoms with Crippen LogP contribution in [-0.4, -0.2) is 11.2 Å². The van der Waals surface area contributed by atoms with E-state index >= 15 is 0 Å². The summed E-state index contributed by atoms with van der Waals surface area (Å²) in [5.74, 6) is 0. The van der Waals surface area contributed by atoms with Gasteiger partial charge in [0.2, 0.25) is 0 Å². The monoisotopic (exact) mass is 316 g/mol. The molecule has 85 valence electrons. The second kappa shape index (κ2) is 8.51. The van der Waals surface area contributed by atoms with Gasteiger partial charge in [-0.25, -0.2) is 0 Å². The van der Waals surface area contributed by atoms with Crippen LogP contribution < -0.4 is 0 Å². The third-order valence-electron chi connectivity index (χ3n) is 1.32. The fraction of sp³-hybridized carbons (Fsp3) is 0. The van der Waals surface area contributed by atoms with Crippen molar-refractivity contribution in [1.29, 1.82) is 0 Å². The standard InChI is InChI=1S/C7H4BrNO3.Mn.2O/c8-6-2-1-5(4-10)7(3-6)9(11)12;;;/h1-4H;;;/q;;2*-2. The molecule has 0 N–H and O–H groups in total. The van der Waals surface area contributed by atoms with Crippen molar-refractivity contribution < 1.29 is 37.7 Å². The van der Waals surface area contributed by atoms with Crippen LogP contribution in [0, 0.1) is 10.1 Å². The van der Waals surface area contributed by atoms with Gasteiger partial charge in [0.15, 0.2) is 6.29 Å². The Bertz CT molecular complexity index is 346. The predicted molar refractivity (Wildman–Crippen MR) is 47.6 cm³/mol. The SMILES string of the molecule is O=Cc1ccc(Br)cc1[N+](=O)[O-].[Mn].[O-2].[O-2]. The Balaban J connectivity index is -0.000000480. The van der Waals surface area contributed by atoms with Crippen LogP contribution in [0.2, 0.25) is 0 Å². The van der Waals surface area contributed by atoms with Crippen molar-refractivity contribution in [3.05, 3.63) is 38.3 Å². The van der Waals surface area contributed by atoms with E-state index < -0.39 is 4.92 Å². The molecule has 0 fully saturated rings. The summed E-state index contributed by atoms with van der Waals surface area (Å²) < 4.78 is 0.583. The van der Waals surface area contributed by atoms with Crippen LogP contribution in [0.1, 0.15) is 10.4 Å². The maximum Gasteiger partial charge on any atom is 0.281 e. The Morgan fingerprint density at radius 1 is 1.33 bits per heavy atom. The number of nitro benzene ring substituents is 1. The van der Waals surface area contributed by atoms with Gasteiger partial charge >= 0.3 is 0 Å². The molecule has 0 aliphatic rings. The molecule has 0 aliphatic heterocycles. The molecule has 0 amide bonds. The van der Waals surface area contributed by atoms with E-state index in [1.807, 2.05) is 0 Å². The van der Waals surface area contributed by atoms with Gasteiger partial charge in [-0.3, -0.25) is 14.9 Å². The molecule has 1 radical (unpaired) electrons. The summed E-state index contributed by atoms with van der Waals surface area (Å²) in [7, 11) is 0. The average molecular weight is 317 g/mol. The van der Waals surface area contributed by atoms with Crippen LogP contribution in [0.4, 0.5) is 5.69 Å². The number of nitrogens with zero attached hydrogens (tertiary/aromatic N) is 1. The van der Waals surface area contributed by atoms with Gasteiger partial charge in [-0.2, -0.15) is 0 Å². The van der Waals surface area contributed by atoms with Crippen molar-refractivity contribution in [2.75, 3.05) is 0 Å². The van der Waals surface area contributed by atoms with Gasteiger partial charge in [-0.15, -0.1) is 0 Å². The van der Waals surface area contributed by atoms with Crippen molar-refractivity contribution in [3.63, 3.8) is 0 Å². The first-order valence-corrected chi connectivity index (χ1v) is 3.83. The van der Waals surface area contributed by atoms with Gasteiger partial charge in [0.25, 0.3) is 5.69 Å². The van der Waals surface area contributed by atoms with Crippen LogP contribution in [-0.2, 0) is 28.0 Å². The second-order valence-electron chi connectivity index (χ2n) is 2.08. The van der Waals surface area contributed by atoms with Crippen LogP contribution in [0.3, 0.4) is 0 Å². The fourth-order valence-electron chi connectivity index (χ4n) is 0.775. The van der Waals surface area contributed by atoms with Crippen molar-refractivity contribution in [2.45, 2.75) is 0 Å². The molecule has 0 atom stereocenters. The molecular formula is C7H4BrMnNO5-4. The van der Waals surface area contributed by atoms with Crippen molar-refractivity contribution in [3.8, 4) is 0 Å². The minimum atomic E-state index is -0.589. The Morgan fingerprint density at radius 2 is 1.87 bits per heavy atom. The molecule has 0 aliphatic carbocycles. The second-order valence-corrected chi connectivity index (χ2v) is 2.99. The Hall–Kier alpha value is -0.791. The molecule has 1 rings (SSSR count). The smallest absolute Gasteiger partial charge is 0.281 e. The minimum Gasteiger partial charge on any atom is -2.00 e. The molecule has 8 heteroatoms. The summed E-state index contributed by atoms with van der Waals surface area (Å²) in [6, 6.07) is 4.27. The Morgan fingerprint density at radius 3 is 2.27 bits per heavy atom. The van der Waals surface area contributed by atoms with Gasteiger partial charge in [-0.05, 0) is 12.1 Å². The van der Waals surface area contributed by atoms with E-state index in [9.17, 15) is 14.9 Å². The number of hydrogen-bond donors (Lipinski definition) is 0. The quantitative estimate of drug-likeness (QED) is 0.359. The summed E-state index contributed by atoms with van der Waals surface area (Å²) in [6.07, 6.45) is 0.463. The Kier molecular flexibility index (Phi) is 11.2. The van der Waals surface area contributed by atoms with Gasteiger partial charge in [0.05, 0.1) is 10.5 Å². The summed E-state index contributed by atoms with van der Waals surface area (Å²) >= 11 is 3.07. The molecule has 0 aromatic heterocycles. The van der Waals surface area contributed by atoms with Crippen LogP contribution in [0.15, 0.2) is 22.7 Å². The first-order valence-electron chi connectivity index (χ1n) is 3.04. The summed E-state index contributed by atoms with van der Waals surface area (Å²) in [5, 5.41) is 10.4. The fourth-order valence-corrected chi connectivity index (χ4v) is 1.12. The summed E-state index contributed by atoms with van der Waals surface area (Å²) in [6.45, 7) is 0. The van der Waals surface area contributed by atoms with Crippen LogP contribution >= 0.6 is 15.9 Å². The topological polar surface area (TPSA) is 117 Å². The van der Waals surface area contributed by atoms with Gasteiger partial charge in [0, 0.05) is 27.6 Å². The molecular weight excluding hydrogens is 313 g/mol. The predicted octanol–water partition coefficient (Wildman–Crippen LogP) is 1.93. The van der Waals surface area contributed by atoms with E-state index in [1.165, 1.54) is 12.1 Å². The number of aldehydes is 1. The molecule has 0 unspecified atom stereocenters. The van der Waals surface area contributed by atoms with E-state index in [0.717, 1.165) is 0 Å². The largest absolute Gasteiger partial charge is 2.00 e. The number of carbonyl (C=O) groups is 1. The molecule has 1 aromatic rings. The third kappa shape index (κ3) is 5.01. The zero-order chi connectivity index (χ0) is 9.14. The van der Waals surface area contributed by atoms with Gasteiger partial charge in [-0.1, -0.05) is 15.9 Å².